The third-order valence-corrected chi connectivity index (χ3v) is 4.94. The highest BCUT2D eigenvalue weighted by Crippen LogP contribution is 2.54. The fraction of sp³-hybridized carbons (Fsp3) is 0.636. The largest absolute Gasteiger partial charge is 0.320 e. The molecular formula is C11H15NS. The van der Waals surface area contributed by atoms with E-state index in [1.165, 1.54) is 30.6 Å². The molecule has 3 rings (SSSR count). The van der Waals surface area contributed by atoms with Gasteiger partial charge in [0.05, 0.1) is 5.54 Å². The molecule has 0 aliphatic heterocycles. The van der Waals surface area contributed by atoms with E-state index in [9.17, 15) is 0 Å². The first kappa shape index (κ1) is 8.01. The van der Waals surface area contributed by atoms with Gasteiger partial charge in [0.2, 0.25) is 0 Å². The average Bonchev–Trinajstić information content (AvgIpc) is 2.79. The number of thiophene rings is 1. The van der Waals surface area contributed by atoms with Crippen molar-refractivity contribution in [1.29, 1.82) is 0 Å². The minimum Gasteiger partial charge on any atom is -0.320 e. The molecule has 2 saturated carbocycles. The van der Waals surface area contributed by atoms with Gasteiger partial charge in [-0.15, -0.1) is 11.3 Å². The molecule has 1 heterocycles. The molecule has 3 atom stereocenters. The zero-order valence-electron chi connectivity index (χ0n) is 7.70. The van der Waals surface area contributed by atoms with Crippen LogP contribution in [0.2, 0.25) is 0 Å². The van der Waals surface area contributed by atoms with Gasteiger partial charge in [0.15, 0.2) is 0 Å². The zero-order chi connectivity index (χ0) is 8.89. The van der Waals surface area contributed by atoms with Crippen LogP contribution in [0, 0.1) is 11.8 Å². The van der Waals surface area contributed by atoms with Crippen molar-refractivity contribution in [3.63, 3.8) is 0 Å². The first-order valence-corrected chi connectivity index (χ1v) is 6.00. The summed E-state index contributed by atoms with van der Waals surface area (Å²) >= 11 is 1.83. The molecule has 3 unspecified atom stereocenters. The molecular weight excluding hydrogens is 178 g/mol. The summed E-state index contributed by atoms with van der Waals surface area (Å²) < 4.78 is 0. The van der Waals surface area contributed by atoms with E-state index < -0.39 is 0 Å². The lowest BCUT2D eigenvalue weighted by molar-refractivity contribution is 0.281. The smallest absolute Gasteiger partial charge is 0.0535 e. The van der Waals surface area contributed by atoms with Crippen LogP contribution < -0.4 is 5.73 Å². The van der Waals surface area contributed by atoms with E-state index in [2.05, 4.69) is 17.5 Å². The Morgan fingerprint density at radius 1 is 1.46 bits per heavy atom. The molecule has 0 radical (unpaired) electrons. The van der Waals surface area contributed by atoms with Crippen LogP contribution >= 0.6 is 11.3 Å². The second kappa shape index (κ2) is 2.58. The summed E-state index contributed by atoms with van der Waals surface area (Å²) in [5.41, 5.74) is 6.57. The highest BCUT2D eigenvalue weighted by molar-refractivity contribution is 7.10. The lowest BCUT2D eigenvalue weighted by atomic mass is 9.81. The molecule has 13 heavy (non-hydrogen) atoms. The van der Waals surface area contributed by atoms with Crippen molar-refractivity contribution in [2.24, 2.45) is 17.6 Å². The molecule has 2 N–H and O–H groups in total. The van der Waals surface area contributed by atoms with Crippen molar-refractivity contribution in [1.82, 2.24) is 0 Å². The predicted octanol–water partition coefficient (Wildman–Crippen LogP) is 2.72. The van der Waals surface area contributed by atoms with Crippen molar-refractivity contribution in [2.75, 3.05) is 0 Å². The maximum atomic E-state index is 6.52. The summed E-state index contributed by atoms with van der Waals surface area (Å²) in [4.78, 5) is 1.42. The van der Waals surface area contributed by atoms with Gasteiger partial charge in [0, 0.05) is 4.88 Å². The third kappa shape index (κ3) is 1.02. The molecule has 2 bridgehead atoms. The Morgan fingerprint density at radius 3 is 2.92 bits per heavy atom. The summed E-state index contributed by atoms with van der Waals surface area (Å²) in [6, 6.07) is 4.34. The molecule has 2 fully saturated rings. The van der Waals surface area contributed by atoms with Crippen LogP contribution in [0.3, 0.4) is 0 Å². The molecule has 0 saturated heterocycles. The Hall–Kier alpha value is -0.340. The number of hydrogen-bond donors (Lipinski definition) is 1. The Kier molecular flexibility index (Phi) is 1.59. The summed E-state index contributed by atoms with van der Waals surface area (Å²) in [6.07, 6.45) is 5.40. The highest BCUT2D eigenvalue weighted by Gasteiger charge is 2.49. The van der Waals surface area contributed by atoms with Gasteiger partial charge in [-0.3, -0.25) is 0 Å². The third-order valence-electron chi connectivity index (χ3n) is 3.88. The van der Waals surface area contributed by atoms with Gasteiger partial charge in [-0.1, -0.05) is 12.5 Å². The highest BCUT2D eigenvalue weighted by atomic mass is 32.1. The molecule has 2 aliphatic rings. The van der Waals surface area contributed by atoms with E-state index in [4.69, 9.17) is 5.73 Å². The van der Waals surface area contributed by atoms with Crippen LogP contribution in [-0.4, -0.2) is 0 Å². The second-order valence-electron chi connectivity index (χ2n) is 4.60. The van der Waals surface area contributed by atoms with Crippen LogP contribution in [0.25, 0.3) is 0 Å². The van der Waals surface area contributed by atoms with Crippen molar-refractivity contribution in [3.8, 4) is 0 Å². The predicted molar refractivity (Wildman–Crippen MR) is 55.6 cm³/mol. The first-order chi connectivity index (χ1) is 6.29. The van der Waals surface area contributed by atoms with Crippen LogP contribution in [0.15, 0.2) is 17.5 Å². The van der Waals surface area contributed by atoms with Crippen molar-refractivity contribution >= 4 is 11.3 Å². The van der Waals surface area contributed by atoms with Crippen LogP contribution in [-0.2, 0) is 5.54 Å². The van der Waals surface area contributed by atoms with E-state index in [0.717, 1.165) is 11.8 Å². The minimum atomic E-state index is 0.0527. The van der Waals surface area contributed by atoms with E-state index >= 15 is 0 Å². The zero-order valence-corrected chi connectivity index (χ0v) is 8.52. The standard InChI is InChI=1S/C11H15NS/c12-11(10-2-1-5-13-10)7-8-3-4-9(11)6-8/h1-2,5,8-9H,3-4,6-7,12H2. The average molecular weight is 193 g/mol. The molecule has 0 aromatic carbocycles. The number of rotatable bonds is 1. The molecule has 2 heteroatoms. The Bertz CT molecular complexity index is 306. The summed E-state index contributed by atoms with van der Waals surface area (Å²) in [6.45, 7) is 0. The van der Waals surface area contributed by atoms with Crippen molar-refractivity contribution in [2.45, 2.75) is 31.2 Å². The topological polar surface area (TPSA) is 26.0 Å². The summed E-state index contributed by atoms with van der Waals surface area (Å²) in [5, 5.41) is 2.15. The molecule has 70 valence electrons. The molecule has 2 aliphatic carbocycles. The van der Waals surface area contributed by atoms with Crippen LogP contribution in [0.4, 0.5) is 0 Å². The van der Waals surface area contributed by atoms with Gasteiger partial charge in [0.25, 0.3) is 0 Å². The van der Waals surface area contributed by atoms with Crippen LogP contribution in [0.1, 0.15) is 30.6 Å². The lowest BCUT2D eigenvalue weighted by Gasteiger charge is -2.32. The van der Waals surface area contributed by atoms with E-state index in [1.54, 1.807) is 0 Å². The summed E-state index contributed by atoms with van der Waals surface area (Å²) in [7, 11) is 0. The van der Waals surface area contributed by atoms with Gasteiger partial charge in [-0.05, 0) is 42.5 Å². The first-order valence-electron chi connectivity index (χ1n) is 5.12. The summed E-state index contributed by atoms with van der Waals surface area (Å²) in [5.74, 6) is 1.70. The Labute approximate surface area is 83.0 Å². The Morgan fingerprint density at radius 2 is 2.38 bits per heavy atom. The number of fused-ring (bicyclic) bond motifs is 2. The van der Waals surface area contributed by atoms with Crippen molar-refractivity contribution < 1.29 is 0 Å². The number of hydrogen-bond acceptors (Lipinski definition) is 2. The van der Waals surface area contributed by atoms with Gasteiger partial charge >= 0.3 is 0 Å². The lowest BCUT2D eigenvalue weighted by Crippen LogP contribution is -2.40. The quantitative estimate of drug-likeness (QED) is 0.729. The molecule has 1 nitrogen and oxygen atoms in total. The molecule has 0 spiro atoms. The second-order valence-corrected chi connectivity index (χ2v) is 5.55. The van der Waals surface area contributed by atoms with Gasteiger partial charge < -0.3 is 5.73 Å². The van der Waals surface area contributed by atoms with Crippen molar-refractivity contribution in [3.05, 3.63) is 22.4 Å². The van der Waals surface area contributed by atoms with Gasteiger partial charge in [-0.2, -0.15) is 0 Å². The molecule has 0 amide bonds. The normalized spacial score (nSPS) is 42.8. The number of nitrogens with two attached hydrogens (primary N) is 1. The fourth-order valence-electron chi connectivity index (χ4n) is 3.22. The maximum absolute atomic E-state index is 6.52. The minimum absolute atomic E-state index is 0.0527. The van der Waals surface area contributed by atoms with Gasteiger partial charge in [-0.25, -0.2) is 0 Å². The van der Waals surface area contributed by atoms with E-state index in [0.29, 0.717) is 0 Å². The van der Waals surface area contributed by atoms with E-state index in [-0.39, 0.29) is 5.54 Å². The monoisotopic (exact) mass is 193 g/mol. The maximum Gasteiger partial charge on any atom is 0.0535 e. The molecule has 1 aromatic rings. The fourth-order valence-corrected chi connectivity index (χ4v) is 4.15. The molecule has 1 aromatic heterocycles. The van der Waals surface area contributed by atoms with Crippen LogP contribution in [0.5, 0.6) is 0 Å². The SMILES string of the molecule is NC1(c2cccs2)CC2CCC1C2. The van der Waals surface area contributed by atoms with E-state index in [1.807, 2.05) is 11.3 Å². The Balaban J connectivity index is 1.98. The van der Waals surface area contributed by atoms with Gasteiger partial charge in [0.1, 0.15) is 0 Å².